The molecule has 1 aromatic heterocycles. The molecule has 2 aromatic rings. The summed E-state index contributed by atoms with van der Waals surface area (Å²) in [6, 6.07) is 5.68. The molecular formula is C15H16F2N2O3S. The molecule has 0 aliphatic rings. The number of Topliss-reactive ketones (excluding diaryl/α,β-unsaturated/α-hetero) is 1. The number of H-pyrrole nitrogens is 1. The van der Waals surface area contributed by atoms with Gasteiger partial charge in [0.2, 0.25) is 5.78 Å². The molecule has 0 spiro atoms. The predicted octanol–water partition coefficient (Wildman–Crippen LogP) is 2.68. The number of halogens is 2. The number of aryl methyl sites for hydroxylation is 3. The first-order valence-electron chi connectivity index (χ1n) is 6.80. The van der Waals surface area contributed by atoms with Crippen LogP contribution in [0, 0.1) is 20.8 Å². The van der Waals surface area contributed by atoms with Crippen LogP contribution < -0.4 is 0 Å². The molecule has 23 heavy (non-hydrogen) atoms. The van der Waals surface area contributed by atoms with Gasteiger partial charge in [0.05, 0.1) is 10.6 Å². The Morgan fingerprint density at radius 1 is 1.13 bits per heavy atom. The zero-order valence-corrected chi connectivity index (χ0v) is 13.6. The van der Waals surface area contributed by atoms with Crippen LogP contribution in [-0.2, 0) is 14.6 Å². The summed E-state index contributed by atoms with van der Waals surface area (Å²) in [6.45, 7) is 4.81. The number of alkyl halides is 2. The van der Waals surface area contributed by atoms with Crippen molar-refractivity contribution in [1.82, 2.24) is 9.97 Å². The van der Waals surface area contributed by atoms with Crippen molar-refractivity contribution in [3.05, 3.63) is 47.0 Å². The van der Waals surface area contributed by atoms with Crippen molar-refractivity contribution in [3.63, 3.8) is 0 Å². The number of carbonyl (C=O) groups excluding carboxylic acids is 1. The SMILES string of the molecule is Cc1ccc(S(=O)(=O)C(C(=O)C(F)F)c2nc(C)[nH]c2C)cc1. The molecule has 0 saturated heterocycles. The van der Waals surface area contributed by atoms with Gasteiger partial charge in [0.15, 0.2) is 15.1 Å². The highest BCUT2D eigenvalue weighted by Crippen LogP contribution is 2.32. The lowest BCUT2D eigenvalue weighted by Gasteiger charge is -2.15. The van der Waals surface area contributed by atoms with Crippen LogP contribution in [0.2, 0.25) is 0 Å². The molecule has 124 valence electrons. The van der Waals surface area contributed by atoms with E-state index in [1.54, 1.807) is 26.0 Å². The molecule has 0 radical (unpaired) electrons. The van der Waals surface area contributed by atoms with Crippen LogP contribution in [0.15, 0.2) is 29.2 Å². The number of hydrogen-bond acceptors (Lipinski definition) is 4. The van der Waals surface area contributed by atoms with Gasteiger partial charge in [0, 0.05) is 5.69 Å². The van der Waals surface area contributed by atoms with E-state index in [1.807, 2.05) is 0 Å². The minimum atomic E-state index is -4.34. The van der Waals surface area contributed by atoms with Gasteiger partial charge in [-0.25, -0.2) is 22.2 Å². The van der Waals surface area contributed by atoms with Crippen LogP contribution in [0.4, 0.5) is 8.78 Å². The summed E-state index contributed by atoms with van der Waals surface area (Å²) in [4.78, 5) is 18.4. The third kappa shape index (κ3) is 3.31. The van der Waals surface area contributed by atoms with Crippen molar-refractivity contribution in [1.29, 1.82) is 0 Å². The third-order valence-electron chi connectivity index (χ3n) is 3.42. The molecule has 1 N–H and O–H groups in total. The summed E-state index contributed by atoms with van der Waals surface area (Å²) < 4.78 is 51.4. The Bertz CT molecular complexity index is 827. The third-order valence-corrected chi connectivity index (χ3v) is 5.43. The standard InChI is InChI=1S/C15H16F2N2O3S/c1-8-4-6-11(7-5-8)23(21,22)14(13(20)15(16)17)12-9(2)18-10(3)19-12/h4-7,14-15H,1-3H3,(H,18,19). The second kappa shape index (κ2) is 6.19. The Morgan fingerprint density at radius 2 is 1.70 bits per heavy atom. The maximum Gasteiger partial charge on any atom is 0.297 e. The zero-order chi connectivity index (χ0) is 17.4. The van der Waals surface area contributed by atoms with Gasteiger partial charge in [-0.2, -0.15) is 0 Å². The molecular weight excluding hydrogens is 326 g/mol. The zero-order valence-electron chi connectivity index (χ0n) is 12.8. The molecule has 0 fully saturated rings. The monoisotopic (exact) mass is 342 g/mol. The van der Waals surface area contributed by atoms with E-state index < -0.39 is 27.3 Å². The maximum absolute atomic E-state index is 13.0. The first-order valence-corrected chi connectivity index (χ1v) is 8.34. The van der Waals surface area contributed by atoms with E-state index in [1.165, 1.54) is 19.1 Å². The van der Waals surface area contributed by atoms with E-state index in [9.17, 15) is 22.0 Å². The smallest absolute Gasteiger partial charge is 0.297 e. The van der Waals surface area contributed by atoms with Crippen molar-refractivity contribution < 1.29 is 22.0 Å². The van der Waals surface area contributed by atoms with Gasteiger partial charge in [0.1, 0.15) is 5.82 Å². The number of hydrogen-bond donors (Lipinski definition) is 1. The molecule has 1 unspecified atom stereocenters. The minimum Gasteiger partial charge on any atom is -0.346 e. The molecule has 0 saturated carbocycles. The normalized spacial score (nSPS) is 13.3. The fourth-order valence-electron chi connectivity index (χ4n) is 2.30. The van der Waals surface area contributed by atoms with Gasteiger partial charge in [0.25, 0.3) is 6.43 Å². The summed E-state index contributed by atoms with van der Waals surface area (Å²) in [5.74, 6) is -1.33. The molecule has 1 aromatic carbocycles. The van der Waals surface area contributed by atoms with Crippen molar-refractivity contribution in [3.8, 4) is 0 Å². The Balaban J connectivity index is 2.64. The van der Waals surface area contributed by atoms with E-state index in [0.29, 0.717) is 5.82 Å². The van der Waals surface area contributed by atoms with Gasteiger partial charge in [-0.05, 0) is 32.9 Å². The second-order valence-electron chi connectivity index (χ2n) is 5.27. The number of nitrogens with one attached hydrogen (secondary N) is 1. The molecule has 1 atom stereocenters. The summed E-state index contributed by atoms with van der Waals surface area (Å²) in [5.41, 5.74) is 0.901. The lowest BCUT2D eigenvalue weighted by Crippen LogP contribution is -2.28. The number of rotatable bonds is 5. The Kier molecular flexibility index (Phi) is 4.65. The highest BCUT2D eigenvalue weighted by atomic mass is 32.2. The van der Waals surface area contributed by atoms with Gasteiger partial charge >= 0.3 is 0 Å². The van der Waals surface area contributed by atoms with E-state index in [0.717, 1.165) is 5.56 Å². The first kappa shape index (κ1) is 17.3. The molecule has 8 heteroatoms. The summed E-state index contributed by atoms with van der Waals surface area (Å²) in [6.07, 6.45) is -3.41. The summed E-state index contributed by atoms with van der Waals surface area (Å²) >= 11 is 0. The van der Waals surface area contributed by atoms with E-state index in [-0.39, 0.29) is 16.3 Å². The van der Waals surface area contributed by atoms with Crippen LogP contribution in [0.25, 0.3) is 0 Å². The largest absolute Gasteiger partial charge is 0.346 e. The minimum absolute atomic E-state index is 0.187. The fraction of sp³-hybridized carbons (Fsp3) is 0.333. The maximum atomic E-state index is 13.0. The Hall–Kier alpha value is -2.09. The molecule has 5 nitrogen and oxygen atoms in total. The number of aromatic amines is 1. The van der Waals surface area contributed by atoms with Gasteiger partial charge < -0.3 is 4.98 Å². The summed E-state index contributed by atoms with van der Waals surface area (Å²) in [7, 11) is -4.34. The quantitative estimate of drug-likeness (QED) is 0.906. The van der Waals surface area contributed by atoms with E-state index >= 15 is 0 Å². The molecule has 0 aliphatic heterocycles. The van der Waals surface area contributed by atoms with Crippen molar-refractivity contribution >= 4 is 15.6 Å². The van der Waals surface area contributed by atoms with Crippen LogP contribution in [0.3, 0.4) is 0 Å². The van der Waals surface area contributed by atoms with E-state index in [2.05, 4.69) is 9.97 Å². The van der Waals surface area contributed by atoms with Crippen LogP contribution in [0.5, 0.6) is 0 Å². The van der Waals surface area contributed by atoms with Crippen molar-refractivity contribution in [2.45, 2.75) is 37.3 Å². The fourth-order valence-corrected chi connectivity index (χ4v) is 4.02. The van der Waals surface area contributed by atoms with Crippen molar-refractivity contribution in [2.75, 3.05) is 0 Å². The number of benzene rings is 1. The molecule has 0 aliphatic carbocycles. The number of nitrogens with zero attached hydrogens (tertiary/aromatic N) is 1. The number of sulfone groups is 1. The number of ketones is 1. The lowest BCUT2D eigenvalue weighted by atomic mass is 10.2. The first-order chi connectivity index (χ1) is 10.6. The Labute approximate surface area is 132 Å². The average Bonchev–Trinajstić information content (AvgIpc) is 2.77. The van der Waals surface area contributed by atoms with E-state index in [4.69, 9.17) is 0 Å². The number of imidazole rings is 1. The molecule has 2 rings (SSSR count). The van der Waals surface area contributed by atoms with Gasteiger partial charge in [-0.15, -0.1) is 0 Å². The number of carbonyl (C=O) groups is 1. The Morgan fingerprint density at radius 3 is 2.13 bits per heavy atom. The average molecular weight is 342 g/mol. The lowest BCUT2D eigenvalue weighted by molar-refractivity contribution is -0.129. The highest BCUT2D eigenvalue weighted by Gasteiger charge is 2.42. The van der Waals surface area contributed by atoms with Crippen LogP contribution in [0.1, 0.15) is 28.0 Å². The molecule has 0 amide bonds. The van der Waals surface area contributed by atoms with Crippen LogP contribution in [-0.4, -0.2) is 30.6 Å². The predicted molar refractivity (Wildman–Crippen MR) is 80.2 cm³/mol. The topological polar surface area (TPSA) is 79.9 Å². The molecule has 0 bridgehead atoms. The second-order valence-corrected chi connectivity index (χ2v) is 7.31. The number of aromatic nitrogens is 2. The van der Waals surface area contributed by atoms with Gasteiger partial charge in [-0.1, -0.05) is 17.7 Å². The van der Waals surface area contributed by atoms with Gasteiger partial charge in [-0.3, -0.25) is 4.79 Å². The van der Waals surface area contributed by atoms with Crippen LogP contribution >= 0.6 is 0 Å². The summed E-state index contributed by atoms with van der Waals surface area (Å²) in [5, 5.41) is -2.03. The molecule has 1 heterocycles. The highest BCUT2D eigenvalue weighted by molar-refractivity contribution is 7.92. The van der Waals surface area contributed by atoms with Crippen molar-refractivity contribution in [2.24, 2.45) is 0 Å².